The van der Waals surface area contributed by atoms with Crippen molar-refractivity contribution in [2.24, 2.45) is 5.92 Å². The summed E-state index contributed by atoms with van der Waals surface area (Å²) in [7, 11) is 0. The van der Waals surface area contributed by atoms with E-state index in [1.165, 1.54) is 11.3 Å². The molecule has 174 valence electrons. The number of benzene rings is 1. The van der Waals surface area contributed by atoms with E-state index in [1.54, 1.807) is 0 Å². The van der Waals surface area contributed by atoms with E-state index in [9.17, 15) is 9.90 Å². The Bertz CT molecular complexity index is 922. The van der Waals surface area contributed by atoms with Crippen molar-refractivity contribution < 1.29 is 9.90 Å². The predicted octanol–water partition coefficient (Wildman–Crippen LogP) is 2.14. The number of amides is 1. The minimum absolute atomic E-state index is 0. The van der Waals surface area contributed by atoms with Crippen molar-refractivity contribution in [1.29, 1.82) is 0 Å². The van der Waals surface area contributed by atoms with Gasteiger partial charge in [-0.2, -0.15) is 0 Å². The second-order valence-electron chi connectivity index (χ2n) is 8.62. The number of piperidine rings is 1. The Hall–Kier alpha value is -1.93. The fourth-order valence-electron chi connectivity index (χ4n) is 4.86. The van der Waals surface area contributed by atoms with E-state index in [4.69, 9.17) is 9.97 Å². The van der Waals surface area contributed by atoms with E-state index in [1.807, 2.05) is 18.2 Å². The van der Waals surface area contributed by atoms with Gasteiger partial charge in [0.1, 0.15) is 5.82 Å². The van der Waals surface area contributed by atoms with E-state index in [0.717, 1.165) is 62.4 Å². The summed E-state index contributed by atoms with van der Waals surface area (Å²) in [6.45, 7) is 2.83. The van der Waals surface area contributed by atoms with E-state index in [2.05, 4.69) is 27.7 Å². The first-order valence-corrected chi connectivity index (χ1v) is 11.1. The molecule has 9 heteroatoms. The highest BCUT2D eigenvalue weighted by molar-refractivity contribution is 5.85. The largest absolute Gasteiger partial charge is 0.390 e. The van der Waals surface area contributed by atoms with Gasteiger partial charge < -0.3 is 20.6 Å². The first kappa shape index (κ1) is 24.7. The molecule has 3 N–H and O–H groups in total. The van der Waals surface area contributed by atoms with Gasteiger partial charge in [0.25, 0.3) is 0 Å². The zero-order chi connectivity index (χ0) is 20.5. The SMILES string of the molecule is Cl.Cl.O=C(N[C@@H]1CNC[C@H]1O)C1CCN(c2nc(-c3ccccc3)nc3c2CCC3)CC1. The van der Waals surface area contributed by atoms with Gasteiger partial charge in [-0.3, -0.25) is 4.79 Å². The van der Waals surface area contributed by atoms with Crippen LogP contribution in [0.2, 0.25) is 0 Å². The van der Waals surface area contributed by atoms with Gasteiger partial charge in [-0.1, -0.05) is 30.3 Å². The number of aryl methyl sites for hydroxylation is 1. The third-order valence-corrected chi connectivity index (χ3v) is 6.62. The molecule has 0 bridgehead atoms. The number of nitrogens with zero attached hydrogens (tertiary/aromatic N) is 3. The quantitative estimate of drug-likeness (QED) is 0.622. The number of rotatable bonds is 4. The fourth-order valence-corrected chi connectivity index (χ4v) is 4.86. The second kappa shape index (κ2) is 10.8. The van der Waals surface area contributed by atoms with Gasteiger partial charge in [-0.25, -0.2) is 9.97 Å². The Kier molecular flexibility index (Phi) is 8.33. The molecule has 1 aromatic carbocycles. The smallest absolute Gasteiger partial charge is 0.223 e. The van der Waals surface area contributed by atoms with Crippen LogP contribution in [0.1, 0.15) is 30.5 Å². The summed E-state index contributed by atoms with van der Waals surface area (Å²) in [5, 5.41) is 16.1. The third-order valence-electron chi connectivity index (χ3n) is 6.62. The predicted molar refractivity (Wildman–Crippen MR) is 130 cm³/mol. The molecule has 7 nitrogen and oxygen atoms in total. The van der Waals surface area contributed by atoms with Crippen LogP contribution < -0.4 is 15.5 Å². The molecule has 3 aliphatic rings. The number of carbonyl (C=O) groups excluding carboxylic acids is 1. The lowest BCUT2D eigenvalue weighted by atomic mass is 9.95. The van der Waals surface area contributed by atoms with Crippen molar-refractivity contribution in [3.05, 3.63) is 41.6 Å². The molecule has 2 aliphatic heterocycles. The van der Waals surface area contributed by atoms with E-state index in [0.29, 0.717) is 13.1 Å². The second-order valence-corrected chi connectivity index (χ2v) is 8.62. The minimum Gasteiger partial charge on any atom is -0.390 e. The lowest BCUT2D eigenvalue weighted by molar-refractivity contribution is -0.126. The average molecular weight is 480 g/mol. The molecule has 2 fully saturated rings. The maximum absolute atomic E-state index is 12.7. The molecule has 32 heavy (non-hydrogen) atoms. The summed E-state index contributed by atoms with van der Waals surface area (Å²) < 4.78 is 0. The number of β-amino-alcohol motifs (C(OH)–C–C–N with tert-alkyl or cyclic N) is 1. The van der Waals surface area contributed by atoms with Crippen molar-refractivity contribution in [3.8, 4) is 11.4 Å². The molecule has 5 rings (SSSR count). The standard InChI is InChI=1S/C23H29N5O2.2ClH/c29-20-14-24-13-19(20)26-23(30)16-9-11-28(12-10-16)22-17-7-4-8-18(17)25-21(27-22)15-5-2-1-3-6-15;;/h1-3,5-6,16,19-20,24,29H,4,7-14H2,(H,26,30);2*1H/t19-,20-;;/m1../s1. The molecule has 1 aliphatic carbocycles. The van der Waals surface area contributed by atoms with Gasteiger partial charge in [0.05, 0.1) is 12.1 Å². The highest BCUT2D eigenvalue weighted by Gasteiger charge is 2.32. The normalized spacial score (nSPS) is 22.6. The van der Waals surface area contributed by atoms with E-state index >= 15 is 0 Å². The van der Waals surface area contributed by atoms with Crippen molar-refractivity contribution in [3.63, 3.8) is 0 Å². The molecule has 0 radical (unpaired) electrons. The van der Waals surface area contributed by atoms with Crippen LogP contribution in [-0.4, -0.2) is 59.3 Å². The molecule has 0 spiro atoms. The van der Waals surface area contributed by atoms with Crippen LogP contribution >= 0.6 is 24.8 Å². The number of carbonyl (C=O) groups is 1. The Morgan fingerprint density at radius 1 is 1.06 bits per heavy atom. The van der Waals surface area contributed by atoms with Gasteiger partial charge >= 0.3 is 0 Å². The molecule has 0 unspecified atom stereocenters. The summed E-state index contributed by atoms with van der Waals surface area (Å²) in [5.74, 6) is 1.93. The molecule has 2 atom stereocenters. The monoisotopic (exact) mass is 479 g/mol. The van der Waals surface area contributed by atoms with Gasteiger partial charge in [-0.15, -0.1) is 24.8 Å². The zero-order valence-electron chi connectivity index (χ0n) is 18.0. The molecule has 2 saturated heterocycles. The summed E-state index contributed by atoms with van der Waals surface area (Å²) in [6.07, 6.45) is 4.30. The highest BCUT2D eigenvalue weighted by Crippen LogP contribution is 2.33. The van der Waals surface area contributed by atoms with Crippen molar-refractivity contribution in [2.75, 3.05) is 31.1 Å². The molecule has 0 saturated carbocycles. The van der Waals surface area contributed by atoms with Crippen LogP contribution in [0.5, 0.6) is 0 Å². The van der Waals surface area contributed by atoms with Gasteiger partial charge in [0, 0.05) is 48.9 Å². The number of anilines is 1. The van der Waals surface area contributed by atoms with Gasteiger partial charge in [-0.05, 0) is 32.1 Å². The summed E-state index contributed by atoms with van der Waals surface area (Å²) in [6, 6.07) is 9.99. The van der Waals surface area contributed by atoms with Crippen LogP contribution in [0, 0.1) is 5.92 Å². The highest BCUT2D eigenvalue weighted by atomic mass is 35.5. The van der Waals surface area contributed by atoms with Crippen LogP contribution in [0.15, 0.2) is 30.3 Å². The van der Waals surface area contributed by atoms with Crippen molar-refractivity contribution >= 4 is 36.5 Å². The Morgan fingerprint density at radius 3 is 2.50 bits per heavy atom. The van der Waals surface area contributed by atoms with Crippen LogP contribution in [-0.2, 0) is 17.6 Å². The Balaban J connectivity index is 0.00000144. The summed E-state index contributed by atoms with van der Waals surface area (Å²) >= 11 is 0. The number of fused-ring (bicyclic) bond motifs is 1. The maximum atomic E-state index is 12.7. The number of hydrogen-bond acceptors (Lipinski definition) is 6. The molecular weight excluding hydrogens is 449 g/mol. The van der Waals surface area contributed by atoms with Crippen LogP contribution in [0.25, 0.3) is 11.4 Å². The summed E-state index contributed by atoms with van der Waals surface area (Å²) in [4.78, 5) is 24.8. The van der Waals surface area contributed by atoms with Crippen LogP contribution in [0.3, 0.4) is 0 Å². The average Bonchev–Trinajstić information content (AvgIpc) is 3.42. The molecular formula is C23H31Cl2N5O2. The number of hydrogen-bond donors (Lipinski definition) is 3. The van der Waals surface area contributed by atoms with Crippen molar-refractivity contribution in [2.45, 2.75) is 44.2 Å². The number of nitrogens with one attached hydrogen (secondary N) is 2. The molecule has 1 amide bonds. The van der Waals surface area contributed by atoms with Crippen molar-refractivity contribution in [1.82, 2.24) is 20.6 Å². The first-order valence-electron chi connectivity index (χ1n) is 11.1. The topological polar surface area (TPSA) is 90.4 Å². The lowest BCUT2D eigenvalue weighted by Crippen LogP contribution is -2.48. The minimum atomic E-state index is -0.492. The molecule has 2 aromatic rings. The number of aromatic nitrogens is 2. The number of aliphatic hydroxyl groups is 1. The number of halogens is 2. The van der Waals surface area contributed by atoms with Gasteiger partial charge in [0.15, 0.2) is 5.82 Å². The van der Waals surface area contributed by atoms with E-state index in [-0.39, 0.29) is 42.7 Å². The summed E-state index contributed by atoms with van der Waals surface area (Å²) in [5.41, 5.74) is 3.52. The van der Waals surface area contributed by atoms with Crippen LogP contribution in [0.4, 0.5) is 5.82 Å². The Morgan fingerprint density at radius 2 is 1.81 bits per heavy atom. The lowest BCUT2D eigenvalue weighted by Gasteiger charge is -2.34. The van der Waals surface area contributed by atoms with E-state index < -0.39 is 6.10 Å². The Labute approximate surface area is 201 Å². The number of aliphatic hydroxyl groups excluding tert-OH is 1. The zero-order valence-corrected chi connectivity index (χ0v) is 19.6. The molecule has 1 aromatic heterocycles. The molecule has 3 heterocycles. The maximum Gasteiger partial charge on any atom is 0.223 e. The van der Waals surface area contributed by atoms with Gasteiger partial charge in [0.2, 0.25) is 5.91 Å². The fraction of sp³-hybridized carbons (Fsp3) is 0.522. The third kappa shape index (κ3) is 5.01. The first-order chi connectivity index (χ1) is 14.7.